The summed E-state index contributed by atoms with van der Waals surface area (Å²) in [6.07, 6.45) is 0. The SMILES string of the molecule is Cc1cc(C(=O)Nc2ccccc2CO)on1. The van der Waals surface area contributed by atoms with Gasteiger partial charge in [0.15, 0.2) is 0 Å². The molecule has 88 valence electrons. The number of rotatable bonds is 3. The van der Waals surface area contributed by atoms with Gasteiger partial charge in [-0.1, -0.05) is 23.4 Å². The highest BCUT2D eigenvalue weighted by molar-refractivity contribution is 6.02. The average molecular weight is 232 g/mol. The first-order valence-electron chi connectivity index (χ1n) is 5.14. The summed E-state index contributed by atoms with van der Waals surface area (Å²) in [6.45, 7) is 1.60. The van der Waals surface area contributed by atoms with Crippen molar-refractivity contribution in [2.75, 3.05) is 5.32 Å². The number of nitrogens with zero attached hydrogens (tertiary/aromatic N) is 1. The first kappa shape index (κ1) is 11.3. The number of nitrogens with one attached hydrogen (secondary N) is 1. The van der Waals surface area contributed by atoms with Crippen LogP contribution in [0.1, 0.15) is 21.8 Å². The smallest absolute Gasteiger partial charge is 0.294 e. The van der Waals surface area contributed by atoms with E-state index in [1.165, 1.54) is 0 Å². The lowest BCUT2D eigenvalue weighted by atomic mass is 10.2. The van der Waals surface area contributed by atoms with Crippen molar-refractivity contribution >= 4 is 11.6 Å². The van der Waals surface area contributed by atoms with Crippen LogP contribution in [-0.4, -0.2) is 16.2 Å². The summed E-state index contributed by atoms with van der Waals surface area (Å²) in [5.41, 5.74) is 1.86. The van der Waals surface area contributed by atoms with Gasteiger partial charge in [0.2, 0.25) is 5.76 Å². The van der Waals surface area contributed by atoms with E-state index in [0.717, 1.165) is 0 Å². The maximum atomic E-state index is 11.8. The van der Waals surface area contributed by atoms with Crippen LogP contribution in [0.5, 0.6) is 0 Å². The molecule has 17 heavy (non-hydrogen) atoms. The van der Waals surface area contributed by atoms with E-state index in [9.17, 15) is 4.79 Å². The fourth-order valence-corrected chi connectivity index (χ4v) is 1.43. The maximum Gasteiger partial charge on any atom is 0.294 e. The zero-order valence-corrected chi connectivity index (χ0v) is 9.30. The lowest BCUT2D eigenvalue weighted by Crippen LogP contribution is -2.12. The number of benzene rings is 1. The molecule has 1 aromatic carbocycles. The molecule has 0 aliphatic heterocycles. The van der Waals surface area contributed by atoms with Crippen LogP contribution in [0.4, 0.5) is 5.69 Å². The van der Waals surface area contributed by atoms with Gasteiger partial charge in [0.1, 0.15) is 0 Å². The minimum atomic E-state index is -0.383. The molecule has 0 bridgehead atoms. The summed E-state index contributed by atoms with van der Waals surface area (Å²) in [7, 11) is 0. The van der Waals surface area contributed by atoms with Gasteiger partial charge in [0, 0.05) is 17.3 Å². The number of anilines is 1. The second kappa shape index (κ2) is 4.80. The number of carbonyl (C=O) groups excluding carboxylic acids is 1. The number of amides is 1. The molecule has 0 saturated carbocycles. The number of hydrogen-bond donors (Lipinski definition) is 2. The van der Waals surface area contributed by atoms with Crippen LogP contribution in [-0.2, 0) is 6.61 Å². The van der Waals surface area contributed by atoms with E-state index >= 15 is 0 Å². The van der Waals surface area contributed by atoms with Crippen LogP contribution in [0.25, 0.3) is 0 Å². The Bertz CT molecular complexity index is 534. The largest absolute Gasteiger partial charge is 0.392 e. The van der Waals surface area contributed by atoms with Crippen molar-refractivity contribution in [1.29, 1.82) is 0 Å². The van der Waals surface area contributed by atoms with E-state index in [1.54, 1.807) is 37.3 Å². The van der Waals surface area contributed by atoms with Crippen molar-refractivity contribution in [2.45, 2.75) is 13.5 Å². The molecule has 0 unspecified atom stereocenters. The predicted molar refractivity (Wildman–Crippen MR) is 61.6 cm³/mol. The summed E-state index contributed by atoms with van der Waals surface area (Å²) >= 11 is 0. The van der Waals surface area contributed by atoms with Gasteiger partial charge in [-0.15, -0.1) is 0 Å². The third-order valence-corrected chi connectivity index (χ3v) is 2.29. The molecule has 1 heterocycles. The number of hydrogen-bond acceptors (Lipinski definition) is 4. The fraction of sp³-hybridized carbons (Fsp3) is 0.167. The Hall–Kier alpha value is -2.14. The molecular weight excluding hydrogens is 220 g/mol. The van der Waals surface area contributed by atoms with Crippen LogP contribution < -0.4 is 5.32 Å². The van der Waals surface area contributed by atoms with Crippen LogP contribution in [0.3, 0.4) is 0 Å². The highest BCUT2D eigenvalue weighted by Gasteiger charge is 2.12. The van der Waals surface area contributed by atoms with Crippen LogP contribution in [0, 0.1) is 6.92 Å². The average Bonchev–Trinajstić information content (AvgIpc) is 2.77. The van der Waals surface area contributed by atoms with Gasteiger partial charge in [-0.2, -0.15) is 0 Å². The molecule has 0 spiro atoms. The second-order valence-electron chi connectivity index (χ2n) is 3.60. The van der Waals surface area contributed by atoms with Crippen molar-refractivity contribution in [2.24, 2.45) is 0 Å². The number of aromatic nitrogens is 1. The molecule has 0 aliphatic rings. The van der Waals surface area contributed by atoms with Gasteiger partial charge >= 0.3 is 0 Å². The Kier molecular flexibility index (Phi) is 3.20. The molecule has 1 aromatic heterocycles. The predicted octanol–water partition coefficient (Wildman–Crippen LogP) is 1.73. The van der Waals surface area contributed by atoms with Gasteiger partial charge < -0.3 is 14.9 Å². The molecule has 5 nitrogen and oxygen atoms in total. The van der Waals surface area contributed by atoms with Crippen molar-refractivity contribution < 1.29 is 14.4 Å². The number of carbonyl (C=O) groups is 1. The summed E-state index contributed by atoms with van der Waals surface area (Å²) in [6, 6.07) is 8.57. The zero-order chi connectivity index (χ0) is 12.3. The first-order valence-corrected chi connectivity index (χ1v) is 5.14. The van der Waals surface area contributed by atoms with Gasteiger partial charge in [-0.3, -0.25) is 4.79 Å². The normalized spacial score (nSPS) is 10.2. The van der Waals surface area contributed by atoms with E-state index in [0.29, 0.717) is 16.9 Å². The van der Waals surface area contributed by atoms with Crippen LogP contribution in [0.15, 0.2) is 34.9 Å². The molecule has 0 atom stereocenters. The Labute approximate surface area is 98.1 Å². The summed E-state index contributed by atoms with van der Waals surface area (Å²) in [4.78, 5) is 11.8. The molecule has 0 saturated heterocycles. The minimum Gasteiger partial charge on any atom is -0.392 e. The van der Waals surface area contributed by atoms with Crippen molar-refractivity contribution in [3.63, 3.8) is 0 Å². The molecule has 0 fully saturated rings. The van der Waals surface area contributed by atoms with E-state index in [4.69, 9.17) is 9.63 Å². The third kappa shape index (κ3) is 2.51. The van der Waals surface area contributed by atoms with E-state index in [-0.39, 0.29) is 18.3 Å². The van der Waals surface area contributed by atoms with Crippen molar-refractivity contribution in [1.82, 2.24) is 5.16 Å². The summed E-state index contributed by atoms with van der Waals surface area (Å²) in [5, 5.41) is 15.4. The molecule has 2 rings (SSSR count). The molecule has 2 aromatic rings. The number of para-hydroxylation sites is 1. The van der Waals surface area contributed by atoms with Crippen molar-refractivity contribution in [3.8, 4) is 0 Å². The van der Waals surface area contributed by atoms with Gasteiger partial charge in [-0.25, -0.2) is 0 Å². The maximum absolute atomic E-state index is 11.8. The summed E-state index contributed by atoms with van der Waals surface area (Å²) < 4.78 is 4.85. The van der Waals surface area contributed by atoms with Gasteiger partial charge in [0.05, 0.1) is 12.3 Å². The third-order valence-electron chi connectivity index (χ3n) is 2.29. The quantitative estimate of drug-likeness (QED) is 0.845. The molecular formula is C12H12N2O3. The summed E-state index contributed by atoms with van der Waals surface area (Å²) in [5.74, 6) is -0.234. The Balaban J connectivity index is 2.18. The lowest BCUT2D eigenvalue weighted by Gasteiger charge is -2.07. The van der Waals surface area contributed by atoms with Crippen LogP contribution in [0.2, 0.25) is 0 Å². The standard InChI is InChI=1S/C12H12N2O3/c1-8-6-11(17-14-8)12(16)13-10-5-3-2-4-9(10)7-15/h2-6,15H,7H2,1H3,(H,13,16). The zero-order valence-electron chi connectivity index (χ0n) is 9.30. The van der Waals surface area contributed by atoms with E-state index in [1.807, 2.05) is 0 Å². The monoisotopic (exact) mass is 232 g/mol. The van der Waals surface area contributed by atoms with E-state index < -0.39 is 0 Å². The van der Waals surface area contributed by atoms with Gasteiger partial charge in [-0.05, 0) is 13.0 Å². The molecule has 0 aliphatic carbocycles. The highest BCUT2D eigenvalue weighted by Crippen LogP contribution is 2.16. The fourth-order valence-electron chi connectivity index (χ4n) is 1.43. The highest BCUT2D eigenvalue weighted by atomic mass is 16.5. The first-order chi connectivity index (χ1) is 8.20. The van der Waals surface area contributed by atoms with Crippen molar-refractivity contribution in [3.05, 3.63) is 47.3 Å². The number of aliphatic hydroxyl groups excluding tert-OH is 1. The Morgan fingerprint density at radius 2 is 2.24 bits per heavy atom. The molecule has 5 heteroatoms. The Morgan fingerprint density at radius 1 is 1.47 bits per heavy atom. The van der Waals surface area contributed by atoms with Crippen LogP contribution >= 0.6 is 0 Å². The molecule has 0 radical (unpaired) electrons. The van der Waals surface area contributed by atoms with E-state index in [2.05, 4.69) is 10.5 Å². The lowest BCUT2D eigenvalue weighted by molar-refractivity contribution is 0.0987. The Morgan fingerprint density at radius 3 is 2.88 bits per heavy atom. The number of aryl methyl sites for hydroxylation is 1. The number of aliphatic hydroxyl groups is 1. The minimum absolute atomic E-state index is 0.133. The van der Waals surface area contributed by atoms with Gasteiger partial charge in [0.25, 0.3) is 5.91 Å². The topological polar surface area (TPSA) is 75.4 Å². The molecule has 1 amide bonds. The molecule has 2 N–H and O–H groups in total. The second-order valence-corrected chi connectivity index (χ2v) is 3.60.